The maximum atomic E-state index is 13.2. The summed E-state index contributed by atoms with van der Waals surface area (Å²) < 4.78 is 9.60. The average molecular weight is 612 g/mol. The number of benzene rings is 3. The summed E-state index contributed by atoms with van der Waals surface area (Å²) in [6, 6.07) is 22.5. The predicted molar refractivity (Wildman–Crippen MR) is 171 cm³/mol. The number of ether oxygens (including phenoxy) is 1. The number of fused-ring (bicyclic) bond motifs is 1. The van der Waals surface area contributed by atoms with Crippen LogP contribution in [0, 0.1) is 6.92 Å². The van der Waals surface area contributed by atoms with Crippen LogP contribution in [0.1, 0.15) is 23.0 Å². The van der Waals surface area contributed by atoms with Gasteiger partial charge in [-0.1, -0.05) is 36.4 Å². The van der Waals surface area contributed by atoms with Crippen molar-refractivity contribution in [1.29, 1.82) is 0 Å². The number of thiocarbonyl (C=S) groups is 1. The summed E-state index contributed by atoms with van der Waals surface area (Å²) in [4.78, 5) is 38.0. The van der Waals surface area contributed by atoms with Crippen LogP contribution in [-0.4, -0.2) is 42.6 Å². The van der Waals surface area contributed by atoms with Crippen molar-refractivity contribution in [1.82, 2.24) is 13.9 Å². The maximum absolute atomic E-state index is 13.2. The molecule has 0 aliphatic heterocycles. The van der Waals surface area contributed by atoms with Gasteiger partial charge in [0.2, 0.25) is 16.9 Å². The predicted octanol–water partition coefficient (Wildman–Crippen LogP) is 5.44. The molecule has 0 spiro atoms. The minimum Gasteiger partial charge on any atom is -0.493 e. The molecule has 0 unspecified atom stereocenters. The fourth-order valence-electron chi connectivity index (χ4n) is 4.72. The fourth-order valence-corrected chi connectivity index (χ4v) is 4.86. The molecule has 0 radical (unpaired) electrons. The minimum absolute atomic E-state index is 0.0868. The second kappa shape index (κ2) is 12.8. The van der Waals surface area contributed by atoms with E-state index in [1.165, 1.54) is 9.25 Å². The second-order valence-corrected chi connectivity index (χ2v) is 10.1. The average Bonchev–Trinajstić information content (AvgIpc) is 3.40. The monoisotopic (exact) mass is 611 g/mol. The van der Waals surface area contributed by atoms with E-state index in [9.17, 15) is 19.5 Å². The number of rotatable bonds is 8. The number of anilines is 2. The Hall–Kier alpha value is -5.56. The van der Waals surface area contributed by atoms with E-state index in [4.69, 9.17) is 17.0 Å². The van der Waals surface area contributed by atoms with Crippen LogP contribution in [0.2, 0.25) is 0 Å². The van der Waals surface area contributed by atoms with Crippen molar-refractivity contribution in [3.63, 3.8) is 0 Å². The highest BCUT2D eigenvalue weighted by Gasteiger charge is 2.20. The molecule has 0 saturated heterocycles. The van der Waals surface area contributed by atoms with Crippen LogP contribution in [-0.2, 0) is 23.1 Å². The zero-order chi connectivity index (χ0) is 31.4. The van der Waals surface area contributed by atoms with Crippen LogP contribution in [0.5, 0.6) is 5.88 Å². The molecule has 12 nitrogen and oxygen atoms in total. The molecule has 0 aliphatic carbocycles. The van der Waals surface area contributed by atoms with Crippen molar-refractivity contribution in [3.8, 4) is 11.6 Å². The molecule has 0 aliphatic rings. The van der Waals surface area contributed by atoms with E-state index in [0.29, 0.717) is 33.5 Å². The van der Waals surface area contributed by atoms with E-state index >= 15 is 0 Å². The van der Waals surface area contributed by atoms with Gasteiger partial charge in [-0.15, -0.1) is 10.2 Å². The lowest BCUT2D eigenvalue weighted by Crippen LogP contribution is -2.21. The number of carbonyl (C=O) groups excluding carboxylic acids is 2. The molecule has 2 aromatic heterocycles. The number of para-hydroxylation sites is 2. The van der Waals surface area contributed by atoms with Gasteiger partial charge in [0, 0.05) is 18.1 Å². The molecule has 3 N–H and O–H groups in total. The SMILES string of the molecule is CCOC(=O)c1ccc(NC(=O)Cn2c(O)c(N=NC(=S)Nc3c(C)n(C)n(-c4ccccc4)c3=O)c3ccccc32)cc1. The number of azo groups is 1. The van der Waals surface area contributed by atoms with Crippen LogP contribution in [0.25, 0.3) is 16.6 Å². The zero-order valence-electron chi connectivity index (χ0n) is 24.1. The molecule has 0 fully saturated rings. The Kier molecular flexibility index (Phi) is 8.67. The number of aromatic hydroxyl groups is 1. The summed E-state index contributed by atoms with van der Waals surface area (Å²) >= 11 is 5.37. The summed E-state index contributed by atoms with van der Waals surface area (Å²) in [5, 5.41) is 25.4. The van der Waals surface area contributed by atoms with E-state index in [1.807, 2.05) is 30.3 Å². The van der Waals surface area contributed by atoms with Crippen molar-refractivity contribution in [3.05, 3.63) is 100 Å². The van der Waals surface area contributed by atoms with Gasteiger partial charge >= 0.3 is 5.97 Å². The van der Waals surface area contributed by atoms with Gasteiger partial charge in [0.25, 0.3) is 5.56 Å². The third-order valence-corrected chi connectivity index (χ3v) is 7.11. The van der Waals surface area contributed by atoms with Crippen molar-refractivity contribution >= 4 is 57.2 Å². The summed E-state index contributed by atoms with van der Waals surface area (Å²) in [6.07, 6.45) is 0. The lowest BCUT2D eigenvalue weighted by molar-refractivity contribution is -0.116. The lowest BCUT2D eigenvalue weighted by Gasteiger charge is -2.09. The quantitative estimate of drug-likeness (QED) is 0.120. The second-order valence-electron chi connectivity index (χ2n) is 9.69. The molecular weight excluding hydrogens is 582 g/mol. The van der Waals surface area contributed by atoms with Gasteiger partial charge in [-0.3, -0.25) is 14.3 Å². The number of esters is 1. The smallest absolute Gasteiger partial charge is 0.338 e. The van der Waals surface area contributed by atoms with E-state index < -0.39 is 11.9 Å². The molecule has 1 amide bonds. The van der Waals surface area contributed by atoms with Gasteiger partial charge < -0.3 is 25.0 Å². The Morgan fingerprint density at radius 2 is 1.66 bits per heavy atom. The number of nitrogens with zero attached hydrogens (tertiary/aromatic N) is 5. The van der Waals surface area contributed by atoms with Crippen LogP contribution < -0.4 is 16.2 Å². The molecule has 0 atom stereocenters. The Labute approximate surface area is 257 Å². The van der Waals surface area contributed by atoms with Crippen LogP contribution in [0.4, 0.5) is 17.1 Å². The molecule has 5 rings (SSSR count). The number of aromatic nitrogens is 3. The first kappa shape index (κ1) is 29.9. The highest BCUT2D eigenvalue weighted by Crippen LogP contribution is 2.38. The highest BCUT2D eigenvalue weighted by molar-refractivity contribution is 7.80. The van der Waals surface area contributed by atoms with Gasteiger partial charge in [-0.25, -0.2) is 9.48 Å². The lowest BCUT2D eigenvalue weighted by atomic mass is 10.2. The van der Waals surface area contributed by atoms with Crippen molar-refractivity contribution < 1.29 is 19.4 Å². The third-order valence-electron chi connectivity index (χ3n) is 6.93. The molecule has 0 bridgehead atoms. The van der Waals surface area contributed by atoms with E-state index in [1.54, 1.807) is 74.1 Å². The standard InChI is InChI=1S/C31H29N7O5S/c1-4-43-30(42)20-14-16-21(17-15-20)32-25(39)18-37-24-13-9-8-12-23(24)27(28(37)40)34-35-31(44)33-26-19(2)36(3)38(29(26)41)22-10-6-5-7-11-22/h5-17,40H,4,18H2,1-3H3,(H,32,39)(H,33,44). The van der Waals surface area contributed by atoms with Crippen LogP contribution in [0.15, 0.2) is 93.9 Å². The molecule has 44 heavy (non-hydrogen) atoms. The van der Waals surface area contributed by atoms with E-state index in [0.717, 1.165) is 0 Å². The maximum Gasteiger partial charge on any atom is 0.338 e. The van der Waals surface area contributed by atoms with Crippen LogP contribution in [0.3, 0.4) is 0 Å². The van der Waals surface area contributed by atoms with Crippen molar-refractivity contribution in [2.45, 2.75) is 20.4 Å². The Morgan fingerprint density at radius 1 is 0.977 bits per heavy atom. The van der Waals surface area contributed by atoms with E-state index in [2.05, 4.69) is 20.9 Å². The topological polar surface area (TPSA) is 144 Å². The first-order valence-corrected chi connectivity index (χ1v) is 14.0. The van der Waals surface area contributed by atoms with Crippen LogP contribution >= 0.6 is 12.2 Å². The third kappa shape index (κ3) is 5.99. The fraction of sp³-hybridized carbons (Fsp3) is 0.161. The molecule has 224 valence electrons. The summed E-state index contributed by atoms with van der Waals surface area (Å²) in [6.45, 7) is 3.53. The molecule has 0 saturated carbocycles. The summed E-state index contributed by atoms with van der Waals surface area (Å²) in [7, 11) is 1.76. The highest BCUT2D eigenvalue weighted by atomic mass is 32.1. The number of nitrogens with one attached hydrogen (secondary N) is 2. The van der Waals surface area contributed by atoms with Gasteiger partial charge in [0.1, 0.15) is 12.2 Å². The van der Waals surface area contributed by atoms with Crippen molar-refractivity contribution in [2.75, 3.05) is 17.2 Å². The minimum atomic E-state index is -0.450. The number of hydrogen-bond acceptors (Lipinski definition) is 7. The Balaban J connectivity index is 1.34. The van der Waals surface area contributed by atoms with Gasteiger partial charge in [0.15, 0.2) is 5.69 Å². The largest absolute Gasteiger partial charge is 0.493 e. The van der Waals surface area contributed by atoms with Gasteiger partial charge in [-0.2, -0.15) is 0 Å². The molecular formula is C31H29N7O5S. The zero-order valence-corrected chi connectivity index (χ0v) is 25.0. The normalized spacial score (nSPS) is 11.2. The van der Waals surface area contributed by atoms with Gasteiger partial charge in [-0.05, 0) is 68.5 Å². The molecule has 5 aromatic rings. The summed E-state index contributed by atoms with van der Waals surface area (Å²) in [5.74, 6) is -1.15. The molecule has 13 heteroatoms. The number of hydrogen-bond donors (Lipinski definition) is 3. The first-order valence-electron chi connectivity index (χ1n) is 13.6. The summed E-state index contributed by atoms with van der Waals surface area (Å²) in [5.41, 5.74) is 2.77. The Bertz CT molecular complexity index is 1960. The van der Waals surface area contributed by atoms with E-state index in [-0.39, 0.29) is 41.1 Å². The Morgan fingerprint density at radius 3 is 2.36 bits per heavy atom. The molecule has 3 aromatic carbocycles. The van der Waals surface area contributed by atoms with Gasteiger partial charge in [0.05, 0.1) is 29.1 Å². The molecule has 2 heterocycles. The first-order chi connectivity index (χ1) is 21.2. The number of amides is 1. The number of carbonyl (C=O) groups is 2. The van der Waals surface area contributed by atoms with Crippen molar-refractivity contribution in [2.24, 2.45) is 17.3 Å².